The lowest BCUT2D eigenvalue weighted by molar-refractivity contribution is -0.141. The third-order valence-corrected chi connectivity index (χ3v) is 5.97. The van der Waals surface area contributed by atoms with E-state index < -0.39 is 0 Å². The van der Waals surface area contributed by atoms with E-state index in [1.807, 2.05) is 4.90 Å². The molecule has 2 amide bonds. The van der Waals surface area contributed by atoms with E-state index in [4.69, 9.17) is 0 Å². The number of hydrogen-bond donors (Lipinski definition) is 0. The highest BCUT2D eigenvalue weighted by Crippen LogP contribution is 2.32. The molecule has 1 saturated carbocycles. The van der Waals surface area contributed by atoms with Gasteiger partial charge in [0.25, 0.3) is 0 Å². The fourth-order valence-corrected chi connectivity index (χ4v) is 4.71. The van der Waals surface area contributed by atoms with Crippen molar-refractivity contribution in [3.8, 4) is 0 Å². The molecule has 3 aliphatic rings. The molecule has 22 heavy (non-hydrogen) atoms. The fourth-order valence-electron chi connectivity index (χ4n) is 4.71. The number of hydrogen-bond acceptors (Lipinski definition) is 2. The minimum absolute atomic E-state index is 0.0996. The molecule has 3 atom stereocenters. The summed E-state index contributed by atoms with van der Waals surface area (Å²) in [7, 11) is 0. The van der Waals surface area contributed by atoms with Crippen LogP contribution in [-0.2, 0) is 9.59 Å². The van der Waals surface area contributed by atoms with Crippen LogP contribution in [0.1, 0.15) is 71.6 Å². The molecule has 4 nitrogen and oxygen atoms in total. The van der Waals surface area contributed by atoms with Crippen LogP contribution in [0.5, 0.6) is 0 Å². The highest BCUT2D eigenvalue weighted by atomic mass is 16.2. The number of carbonyl (C=O) groups is 2. The molecule has 4 heteroatoms. The summed E-state index contributed by atoms with van der Waals surface area (Å²) >= 11 is 0. The lowest BCUT2D eigenvalue weighted by Crippen LogP contribution is -2.50. The molecule has 0 bridgehead atoms. The van der Waals surface area contributed by atoms with Crippen LogP contribution in [0.4, 0.5) is 0 Å². The van der Waals surface area contributed by atoms with Crippen LogP contribution in [0.25, 0.3) is 0 Å². The van der Waals surface area contributed by atoms with Crippen molar-refractivity contribution in [3.05, 3.63) is 0 Å². The molecule has 1 aliphatic carbocycles. The van der Waals surface area contributed by atoms with Crippen molar-refractivity contribution in [1.29, 1.82) is 0 Å². The summed E-state index contributed by atoms with van der Waals surface area (Å²) in [6.07, 6.45) is 9.86. The van der Waals surface area contributed by atoms with Gasteiger partial charge >= 0.3 is 0 Å². The molecular formula is C18H30N2O2. The van der Waals surface area contributed by atoms with E-state index in [-0.39, 0.29) is 17.7 Å². The Morgan fingerprint density at radius 2 is 1.59 bits per heavy atom. The Bertz CT molecular complexity index is 421. The van der Waals surface area contributed by atoms with Crippen molar-refractivity contribution in [1.82, 2.24) is 9.80 Å². The number of carbonyl (C=O) groups excluding carboxylic acids is 2. The SMILES string of the molecule is CC1CCCC(C)N1C(=O)C1CC(=O)N(C2CCCCC2)C1. The minimum atomic E-state index is -0.0996. The van der Waals surface area contributed by atoms with Crippen molar-refractivity contribution in [3.63, 3.8) is 0 Å². The average Bonchev–Trinajstić information content (AvgIpc) is 2.90. The van der Waals surface area contributed by atoms with Gasteiger partial charge in [-0.3, -0.25) is 9.59 Å². The summed E-state index contributed by atoms with van der Waals surface area (Å²) in [4.78, 5) is 29.4. The molecule has 0 aromatic carbocycles. The summed E-state index contributed by atoms with van der Waals surface area (Å²) in [5.41, 5.74) is 0. The Morgan fingerprint density at radius 1 is 0.955 bits per heavy atom. The maximum absolute atomic E-state index is 12.9. The third-order valence-electron chi connectivity index (χ3n) is 5.97. The Morgan fingerprint density at radius 3 is 2.23 bits per heavy atom. The van der Waals surface area contributed by atoms with E-state index in [9.17, 15) is 9.59 Å². The van der Waals surface area contributed by atoms with Crippen LogP contribution in [0.3, 0.4) is 0 Å². The Kier molecular flexibility index (Phi) is 4.74. The van der Waals surface area contributed by atoms with Gasteiger partial charge in [0.2, 0.25) is 11.8 Å². The van der Waals surface area contributed by atoms with Gasteiger partial charge in [-0.15, -0.1) is 0 Å². The standard InChI is InChI=1S/C18H30N2O2/c1-13-7-6-8-14(2)20(13)18(22)15-11-17(21)19(12-15)16-9-4-3-5-10-16/h13-16H,3-12H2,1-2H3. The van der Waals surface area contributed by atoms with E-state index in [0.717, 1.165) is 25.7 Å². The normalized spacial score (nSPS) is 34.3. The molecule has 0 aromatic heterocycles. The highest BCUT2D eigenvalue weighted by molar-refractivity contribution is 5.89. The van der Waals surface area contributed by atoms with Gasteiger partial charge in [0.15, 0.2) is 0 Å². The Hall–Kier alpha value is -1.06. The molecule has 2 heterocycles. The summed E-state index contributed by atoms with van der Waals surface area (Å²) in [5.74, 6) is 0.339. The zero-order valence-electron chi connectivity index (χ0n) is 14.1. The number of likely N-dealkylation sites (tertiary alicyclic amines) is 2. The summed E-state index contributed by atoms with van der Waals surface area (Å²) < 4.78 is 0. The van der Waals surface area contributed by atoms with Crippen molar-refractivity contribution in [2.75, 3.05) is 6.54 Å². The lowest BCUT2D eigenvalue weighted by atomic mass is 9.94. The van der Waals surface area contributed by atoms with Gasteiger partial charge in [-0.05, 0) is 46.0 Å². The largest absolute Gasteiger partial charge is 0.339 e. The van der Waals surface area contributed by atoms with E-state index >= 15 is 0 Å². The van der Waals surface area contributed by atoms with Gasteiger partial charge in [0.05, 0.1) is 5.92 Å². The summed E-state index contributed by atoms with van der Waals surface area (Å²) in [6, 6.07) is 1.06. The zero-order chi connectivity index (χ0) is 15.7. The van der Waals surface area contributed by atoms with Gasteiger partial charge in [-0.2, -0.15) is 0 Å². The van der Waals surface area contributed by atoms with Gasteiger partial charge < -0.3 is 9.80 Å². The maximum Gasteiger partial charge on any atom is 0.228 e. The molecule has 2 saturated heterocycles. The Labute approximate surface area is 134 Å². The quantitative estimate of drug-likeness (QED) is 0.787. The van der Waals surface area contributed by atoms with Gasteiger partial charge in [0, 0.05) is 31.1 Å². The van der Waals surface area contributed by atoms with Crippen LogP contribution >= 0.6 is 0 Å². The van der Waals surface area contributed by atoms with Gasteiger partial charge in [-0.1, -0.05) is 19.3 Å². The van der Waals surface area contributed by atoms with Crippen molar-refractivity contribution >= 4 is 11.8 Å². The van der Waals surface area contributed by atoms with Crippen LogP contribution < -0.4 is 0 Å². The maximum atomic E-state index is 12.9. The smallest absolute Gasteiger partial charge is 0.228 e. The molecule has 2 aliphatic heterocycles. The van der Waals surface area contributed by atoms with E-state index in [1.165, 1.54) is 25.7 Å². The van der Waals surface area contributed by atoms with Crippen molar-refractivity contribution in [2.45, 2.75) is 89.8 Å². The van der Waals surface area contributed by atoms with Gasteiger partial charge in [0.1, 0.15) is 0 Å². The predicted octanol–water partition coefficient (Wildman–Crippen LogP) is 2.96. The van der Waals surface area contributed by atoms with Crippen LogP contribution in [-0.4, -0.2) is 46.3 Å². The van der Waals surface area contributed by atoms with E-state index in [0.29, 0.717) is 31.1 Å². The number of rotatable bonds is 2. The molecule has 124 valence electrons. The summed E-state index contributed by atoms with van der Waals surface area (Å²) in [5, 5.41) is 0. The molecule has 0 N–H and O–H groups in total. The van der Waals surface area contributed by atoms with Crippen molar-refractivity contribution in [2.24, 2.45) is 5.92 Å². The fraction of sp³-hybridized carbons (Fsp3) is 0.889. The second kappa shape index (κ2) is 6.59. The van der Waals surface area contributed by atoms with Gasteiger partial charge in [-0.25, -0.2) is 0 Å². The van der Waals surface area contributed by atoms with Crippen LogP contribution in [0.2, 0.25) is 0 Å². The predicted molar refractivity (Wildman–Crippen MR) is 86.3 cm³/mol. The van der Waals surface area contributed by atoms with Crippen molar-refractivity contribution < 1.29 is 9.59 Å². The second-order valence-electron chi connectivity index (χ2n) is 7.61. The second-order valence-corrected chi connectivity index (χ2v) is 7.61. The van der Waals surface area contributed by atoms with E-state index in [1.54, 1.807) is 0 Å². The van der Waals surface area contributed by atoms with Crippen LogP contribution in [0, 0.1) is 5.92 Å². The minimum Gasteiger partial charge on any atom is -0.339 e. The topological polar surface area (TPSA) is 40.6 Å². The first-order chi connectivity index (χ1) is 10.6. The molecule has 0 radical (unpaired) electrons. The molecular weight excluding hydrogens is 276 g/mol. The Balaban J connectivity index is 1.65. The first-order valence-corrected chi connectivity index (χ1v) is 9.19. The highest BCUT2D eigenvalue weighted by Gasteiger charge is 2.41. The summed E-state index contributed by atoms with van der Waals surface area (Å²) in [6.45, 7) is 4.98. The third kappa shape index (κ3) is 3.02. The molecule has 0 aromatic rings. The number of piperidine rings is 1. The monoisotopic (exact) mass is 306 g/mol. The molecule has 0 spiro atoms. The van der Waals surface area contributed by atoms with Crippen LogP contribution in [0.15, 0.2) is 0 Å². The zero-order valence-corrected chi connectivity index (χ0v) is 14.1. The number of amides is 2. The lowest BCUT2D eigenvalue weighted by Gasteiger charge is -2.40. The first-order valence-electron chi connectivity index (χ1n) is 9.19. The molecule has 3 unspecified atom stereocenters. The average molecular weight is 306 g/mol. The van der Waals surface area contributed by atoms with E-state index in [2.05, 4.69) is 18.7 Å². The first kappa shape index (κ1) is 15.8. The molecule has 3 fully saturated rings. The number of nitrogens with zero attached hydrogens (tertiary/aromatic N) is 2. The molecule has 3 rings (SSSR count).